The zero-order valence-corrected chi connectivity index (χ0v) is 6.61. The third kappa shape index (κ3) is 1.92. The topological polar surface area (TPSA) is 60.7 Å². The summed E-state index contributed by atoms with van der Waals surface area (Å²) in [5, 5.41) is 27.2. The lowest BCUT2D eigenvalue weighted by molar-refractivity contribution is -0.0171. The summed E-state index contributed by atoms with van der Waals surface area (Å²) in [6.45, 7) is 0.0781. The van der Waals surface area contributed by atoms with Crippen LogP contribution in [0.15, 0.2) is 0 Å². The van der Waals surface area contributed by atoms with Gasteiger partial charge in [0.15, 0.2) is 0 Å². The first-order valence-electron chi connectivity index (χ1n) is 4.19. The first-order chi connectivity index (χ1) is 5.29. The molecule has 0 spiro atoms. The minimum absolute atomic E-state index is 0.00755. The number of hydrogen-bond donors (Lipinski definition) is 3. The molecule has 0 aromatic heterocycles. The Balaban J connectivity index is 2.48. The van der Waals surface area contributed by atoms with E-state index in [1.54, 1.807) is 0 Å². The van der Waals surface area contributed by atoms with Crippen LogP contribution in [-0.4, -0.2) is 34.6 Å². The molecule has 0 bridgehead atoms. The van der Waals surface area contributed by atoms with Crippen molar-refractivity contribution in [1.29, 1.82) is 0 Å². The molecule has 0 heterocycles. The van der Waals surface area contributed by atoms with Crippen LogP contribution in [0.5, 0.6) is 0 Å². The minimum atomic E-state index is -0.411. The number of aliphatic hydroxyl groups is 3. The Hall–Kier alpha value is -0.120. The minimum Gasteiger partial charge on any atom is -0.396 e. The van der Waals surface area contributed by atoms with Crippen molar-refractivity contribution < 1.29 is 15.3 Å². The summed E-state index contributed by atoms with van der Waals surface area (Å²) >= 11 is 0. The van der Waals surface area contributed by atoms with E-state index in [0.29, 0.717) is 0 Å². The van der Waals surface area contributed by atoms with Crippen molar-refractivity contribution in [2.24, 2.45) is 11.8 Å². The van der Waals surface area contributed by atoms with Crippen molar-refractivity contribution in [2.75, 3.05) is 13.2 Å². The van der Waals surface area contributed by atoms with Crippen LogP contribution in [0.1, 0.15) is 19.3 Å². The molecular weight excluding hydrogens is 144 g/mol. The monoisotopic (exact) mass is 160 g/mol. The molecule has 0 radical (unpaired) electrons. The summed E-state index contributed by atoms with van der Waals surface area (Å²) in [4.78, 5) is 0. The molecule has 0 aliphatic heterocycles. The molecule has 0 saturated heterocycles. The number of aliphatic hydroxyl groups excluding tert-OH is 3. The fourth-order valence-electron chi connectivity index (χ4n) is 1.83. The van der Waals surface area contributed by atoms with Gasteiger partial charge in [0.2, 0.25) is 0 Å². The second-order valence-electron chi connectivity index (χ2n) is 3.29. The highest BCUT2D eigenvalue weighted by molar-refractivity contribution is 4.80. The van der Waals surface area contributed by atoms with Gasteiger partial charge in [-0.25, -0.2) is 0 Å². The highest BCUT2D eigenvalue weighted by Gasteiger charge is 2.30. The molecule has 1 rings (SSSR count). The molecule has 0 amide bonds. The largest absolute Gasteiger partial charge is 0.396 e. The molecule has 3 heteroatoms. The van der Waals surface area contributed by atoms with E-state index in [0.717, 1.165) is 19.3 Å². The van der Waals surface area contributed by atoms with Crippen LogP contribution in [0.2, 0.25) is 0 Å². The van der Waals surface area contributed by atoms with Gasteiger partial charge in [-0.2, -0.15) is 0 Å². The Bertz CT molecular complexity index is 116. The highest BCUT2D eigenvalue weighted by atomic mass is 16.3. The summed E-state index contributed by atoms with van der Waals surface area (Å²) in [7, 11) is 0. The highest BCUT2D eigenvalue weighted by Crippen LogP contribution is 2.29. The Morgan fingerprint density at radius 1 is 1.09 bits per heavy atom. The molecule has 1 saturated carbocycles. The van der Waals surface area contributed by atoms with E-state index in [9.17, 15) is 5.11 Å². The molecule has 0 aromatic rings. The standard InChI is InChI=1S/C8H16O3/c9-4-6-2-1-3-8(11)7(6)5-10/h6-11H,1-5H2. The molecule has 3 N–H and O–H groups in total. The quantitative estimate of drug-likeness (QED) is 0.522. The molecule has 11 heavy (non-hydrogen) atoms. The van der Waals surface area contributed by atoms with Gasteiger partial charge in [-0.3, -0.25) is 0 Å². The zero-order valence-electron chi connectivity index (χ0n) is 6.61. The van der Waals surface area contributed by atoms with E-state index in [1.165, 1.54) is 0 Å². The fourth-order valence-corrected chi connectivity index (χ4v) is 1.83. The lowest BCUT2D eigenvalue weighted by atomic mass is 9.78. The smallest absolute Gasteiger partial charge is 0.0593 e. The molecule has 66 valence electrons. The molecule has 3 unspecified atom stereocenters. The molecule has 1 fully saturated rings. The van der Waals surface area contributed by atoms with Crippen LogP contribution in [0.25, 0.3) is 0 Å². The Morgan fingerprint density at radius 2 is 1.82 bits per heavy atom. The van der Waals surface area contributed by atoms with Crippen LogP contribution in [0, 0.1) is 11.8 Å². The predicted molar refractivity (Wildman–Crippen MR) is 41.0 cm³/mol. The third-order valence-electron chi connectivity index (χ3n) is 2.62. The maximum absolute atomic E-state index is 9.40. The molecule has 1 aliphatic rings. The number of hydrogen-bond acceptors (Lipinski definition) is 3. The van der Waals surface area contributed by atoms with Crippen LogP contribution in [0.4, 0.5) is 0 Å². The Morgan fingerprint density at radius 3 is 2.27 bits per heavy atom. The number of rotatable bonds is 2. The Labute approximate surface area is 66.7 Å². The van der Waals surface area contributed by atoms with E-state index in [1.807, 2.05) is 0 Å². The normalized spacial score (nSPS) is 39.0. The molecule has 3 atom stereocenters. The van der Waals surface area contributed by atoms with Gasteiger partial charge < -0.3 is 15.3 Å². The van der Waals surface area contributed by atoms with E-state index < -0.39 is 6.10 Å². The van der Waals surface area contributed by atoms with Crippen molar-refractivity contribution in [3.63, 3.8) is 0 Å². The van der Waals surface area contributed by atoms with Crippen molar-refractivity contribution in [3.05, 3.63) is 0 Å². The van der Waals surface area contributed by atoms with E-state index in [2.05, 4.69) is 0 Å². The van der Waals surface area contributed by atoms with Crippen LogP contribution in [0.3, 0.4) is 0 Å². The van der Waals surface area contributed by atoms with Gasteiger partial charge in [0.05, 0.1) is 6.10 Å². The molecule has 0 aromatic carbocycles. The van der Waals surface area contributed by atoms with E-state index >= 15 is 0 Å². The van der Waals surface area contributed by atoms with E-state index in [-0.39, 0.29) is 25.0 Å². The van der Waals surface area contributed by atoms with Gasteiger partial charge in [0.1, 0.15) is 0 Å². The van der Waals surface area contributed by atoms with Crippen LogP contribution in [-0.2, 0) is 0 Å². The van der Waals surface area contributed by atoms with Gasteiger partial charge in [0, 0.05) is 19.1 Å². The lowest BCUT2D eigenvalue weighted by Gasteiger charge is -2.32. The third-order valence-corrected chi connectivity index (χ3v) is 2.62. The second kappa shape index (κ2) is 4.04. The summed E-state index contributed by atoms with van der Waals surface area (Å²) < 4.78 is 0. The average molecular weight is 160 g/mol. The molecular formula is C8H16O3. The van der Waals surface area contributed by atoms with Crippen LogP contribution >= 0.6 is 0 Å². The second-order valence-corrected chi connectivity index (χ2v) is 3.29. The van der Waals surface area contributed by atoms with Gasteiger partial charge in [-0.15, -0.1) is 0 Å². The fraction of sp³-hybridized carbons (Fsp3) is 1.00. The predicted octanol–water partition coefficient (Wildman–Crippen LogP) is -0.252. The molecule has 3 nitrogen and oxygen atoms in total. The van der Waals surface area contributed by atoms with Crippen molar-refractivity contribution in [3.8, 4) is 0 Å². The average Bonchev–Trinajstić information content (AvgIpc) is 2.04. The van der Waals surface area contributed by atoms with Crippen molar-refractivity contribution in [2.45, 2.75) is 25.4 Å². The lowest BCUT2D eigenvalue weighted by Crippen LogP contribution is -2.36. The zero-order chi connectivity index (χ0) is 8.27. The first kappa shape index (κ1) is 8.97. The summed E-state index contributed by atoms with van der Waals surface area (Å²) in [6, 6.07) is 0. The van der Waals surface area contributed by atoms with Crippen LogP contribution < -0.4 is 0 Å². The summed E-state index contributed by atoms with van der Waals surface area (Å²) in [5.41, 5.74) is 0. The Kier molecular flexibility index (Phi) is 3.30. The molecule has 1 aliphatic carbocycles. The van der Waals surface area contributed by atoms with Gasteiger partial charge in [0.25, 0.3) is 0 Å². The summed E-state index contributed by atoms with van der Waals surface area (Å²) in [6.07, 6.45) is 2.24. The SMILES string of the molecule is OCC1CCCC(O)C1CO. The van der Waals surface area contributed by atoms with Gasteiger partial charge in [-0.1, -0.05) is 6.42 Å². The first-order valence-corrected chi connectivity index (χ1v) is 4.19. The summed E-state index contributed by atoms with van der Waals surface area (Å²) in [5.74, 6) is -0.00231. The van der Waals surface area contributed by atoms with Gasteiger partial charge >= 0.3 is 0 Å². The maximum atomic E-state index is 9.40. The van der Waals surface area contributed by atoms with Crippen molar-refractivity contribution >= 4 is 0 Å². The maximum Gasteiger partial charge on any atom is 0.0593 e. The van der Waals surface area contributed by atoms with Crippen molar-refractivity contribution in [1.82, 2.24) is 0 Å². The van der Waals surface area contributed by atoms with Gasteiger partial charge in [-0.05, 0) is 18.8 Å². The van der Waals surface area contributed by atoms with E-state index in [4.69, 9.17) is 10.2 Å².